The topological polar surface area (TPSA) is 97.0 Å². The van der Waals surface area contributed by atoms with E-state index in [0.29, 0.717) is 13.0 Å². The summed E-state index contributed by atoms with van der Waals surface area (Å²) in [6.45, 7) is 2.21. The van der Waals surface area contributed by atoms with Crippen molar-refractivity contribution in [1.82, 2.24) is 15.2 Å². The molecule has 0 atom stereocenters. The Morgan fingerprint density at radius 2 is 2.05 bits per heavy atom. The monoisotopic (exact) mass is 296 g/mol. The van der Waals surface area contributed by atoms with Gasteiger partial charge in [-0.25, -0.2) is 13.5 Å². The van der Waals surface area contributed by atoms with Gasteiger partial charge in [-0.2, -0.15) is 4.98 Å². The van der Waals surface area contributed by atoms with Crippen molar-refractivity contribution < 1.29 is 13.2 Å². The minimum atomic E-state index is -3.47. The number of nitrogens with zero attached hydrogens (tertiary/aromatic N) is 2. The number of aromatic amines is 1. The van der Waals surface area contributed by atoms with Crippen molar-refractivity contribution in [2.24, 2.45) is 0 Å². The summed E-state index contributed by atoms with van der Waals surface area (Å²) in [7, 11) is -3.47. The van der Waals surface area contributed by atoms with Gasteiger partial charge in [-0.1, -0.05) is 30.3 Å². The average Bonchev–Trinajstić information content (AvgIpc) is 2.85. The van der Waals surface area contributed by atoms with E-state index in [9.17, 15) is 8.42 Å². The second-order valence-corrected chi connectivity index (χ2v) is 5.90. The van der Waals surface area contributed by atoms with Crippen molar-refractivity contribution in [2.75, 3.05) is 17.1 Å². The van der Waals surface area contributed by atoms with Crippen LogP contribution in [0.5, 0.6) is 6.01 Å². The third-order valence-electron chi connectivity index (χ3n) is 2.49. The number of hydrogen-bond donors (Lipinski definition) is 2. The van der Waals surface area contributed by atoms with Gasteiger partial charge in [-0.15, -0.1) is 5.10 Å². The van der Waals surface area contributed by atoms with E-state index in [1.807, 2.05) is 30.3 Å². The van der Waals surface area contributed by atoms with Gasteiger partial charge in [0.2, 0.25) is 16.0 Å². The molecule has 1 heterocycles. The summed E-state index contributed by atoms with van der Waals surface area (Å²) < 4.78 is 31.2. The summed E-state index contributed by atoms with van der Waals surface area (Å²) in [5, 5.41) is 6.19. The highest BCUT2D eigenvalue weighted by Gasteiger charge is 2.13. The lowest BCUT2D eigenvalue weighted by Gasteiger charge is -2.04. The molecule has 0 unspecified atom stereocenters. The highest BCUT2D eigenvalue weighted by atomic mass is 32.2. The average molecular weight is 296 g/mol. The summed E-state index contributed by atoms with van der Waals surface area (Å²) in [4.78, 5) is 3.86. The standard InChI is InChI=1S/C12H16N4O3S/c1-2-19-12-13-11(14-15-12)16-20(17,18)9-8-10-6-4-3-5-7-10/h3-7H,2,8-9H2,1H3,(H2,13,14,15,16). The normalized spacial score (nSPS) is 11.2. The number of sulfonamides is 1. The van der Waals surface area contributed by atoms with Gasteiger partial charge in [-0.3, -0.25) is 4.72 Å². The molecule has 2 rings (SSSR count). The van der Waals surface area contributed by atoms with E-state index in [-0.39, 0.29) is 17.7 Å². The molecule has 0 saturated carbocycles. The molecule has 0 amide bonds. The van der Waals surface area contributed by atoms with Gasteiger partial charge in [-0.05, 0) is 18.9 Å². The summed E-state index contributed by atoms with van der Waals surface area (Å²) in [5.74, 6) is 0.0308. The van der Waals surface area contributed by atoms with Crippen molar-refractivity contribution in [1.29, 1.82) is 0 Å². The summed E-state index contributed by atoms with van der Waals surface area (Å²) >= 11 is 0. The molecule has 2 N–H and O–H groups in total. The van der Waals surface area contributed by atoms with E-state index in [1.165, 1.54) is 0 Å². The van der Waals surface area contributed by atoms with Gasteiger partial charge in [0.15, 0.2) is 0 Å². The van der Waals surface area contributed by atoms with Gasteiger partial charge >= 0.3 is 6.01 Å². The van der Waals surface area contributed by atoms with Crippen LogP contribution in [0.4, 0.5) is 5.95 Å². The first-order valence-electron chi connectivity index (χ1n) is 6.18. The zero-order chi connectivity index (χ0) is 14.4. The Morgan fingerprint density at radius 1 is 1.30 bits per heavy atom. The van der Waals surface area contributed by atoms with Crippen molar-refractivity contribution in [3.8, 4) is 6.01 Å². The number of anilines is 1. The Kier molecular flexibility index (Phi) is 4.57. The Balaban J connectivity index is 1.93. The van der Waals surface area contributed by atoms with Crippen LogP contribution in [-0.2, 0) is 16.4 Å². The molecule has 0 radical (unpaired) electrons. The van der Waals surface area contributed by atoms with Crippen LogP contribution in [0.3, 0.4) is 0 Å². The smallest absolute Gasteiger partial charge is 0.337 e. The Labute approximate surface area is 117 Å². The molecule has 0 aliphatic rings. The predicted octanol–water partition coefficient (Wildman–Crippen LogP) is 1.19. The first-order chi connectivity index (χ1) is 9.59. The van der Waals surface area contributed by atoms with E-state index < -0.39 is 10.0 Å². The van der Waals surface area contributed by atoms with Gasteiger partial charge < -0.3 is 4.74 Å². The molecular weight excluding hydrogens is 280 g/mol. The Hall–Kier alpha value is -2.09. The molecule has 20 heavy (non-hydrogen) atoms. The van der Waals surface area contributed by atoms with E-state index >= 15 is 0 Å². The molecule has 1 aromatic carbocycles. The number of nitrogens with one attached hydrogen (secondary N) is 2. The predicted molar refractivity (Wildman–Crippen MR) is 75.1 cm³/mol. The highest BCUT2D eigenvalue weighted by Crippen LogP contribution is 2.09. The largest absolute Gasteiger partial charge is 0.463 e. The lowest BCUT2D eigenvalue weighted by Crippen LogP contribution is -2.19. The fraction of sp³-hybridized carbons (Fsp3) is 0.333. The summed E-state index contributed by atoms with van der Waals surface area (Å²) in [5.41, 5.74) is 0.963. The summed E-state index contributed by atoms with van der Waals surface area (Å²) in [6.07, 6.45) is 0.433. The number of benzene rings is 1. The van der Waals surface area contributed by atoms with Crippen LogP contribution in [0.15, 0.2) is 30.3 Å². The molecule has 0 aliphatic heterocycles. The van der Waals surface area contributed by atoms with Gasteiger partial charge in [0.05, 0.1) is 12.4 Å². The highest BCUT2D eigenvalue weighted by molar-refractivity contribution is 7.92. The third-order valence-corrected chi connectivity index (χ3v) is 3.74. The number of aryl methyl sites for hydroxylation is 1. The fourth-order valence-electron chi connectivity index (χ4n) is 1.58. The van der Waals surface area contributed by atoms with Crippen LogP contribution < -0.4 is 9.46 Å². The van der Waals surface area contributed by atoms with Crippen LogP contribution in [0.2, 0.25) is 0 Å². The van der Waals surface area contributed by atoms with Crippen LogP contribution in [0, 0.1) is 0 Å². The third kappa shape index (κ3) is 4.23. The second-order valence-electron chi connectivity index (χ2n) is 4.06. The quantitative estimate of drug-likeness (QED) is 0.800. The first kappa shape index (κ1) is 14.3. The first-order valence-corrected chi connectivity index (χ1v) is 7.84. The molecule has 0 fully saturated rings. The van der Waals surface area contributed by atoms with Crippen molar-refractivity contribution in [2.45, 2.75) is 13.3 Å². The molecule has 8 heteroatoms. The Morgan fingerprint density at radius 3 is 2.75 bits per heavy atom. The summed E-state index contributed by atoms with van der Waals surface area (Å²) in [6, 6.07) is 9.53. The van der Waals surface area contributed by atoms with E-state index in [1.54, 1.807) is 6.92 Å². The minimum absolute atomic E-state index is 0.0261. The fourth-order valence-corrected chi connectivity index (χ4v) is 2.57. The second kappa shape index (κ2) is 6.38. The minimum Gasteiger partial charge on any atom is -0.463 e. The number of rotatable bonds is 7. The van der Waals surface area contributed by atoms with Crippen LogP contribution in [0.25, 0.3) is 0 Å². The van der Waals surface area contributed by atoms with Crippen molar-refractivity contribution in [3.63, 3.8) is 0 Å². The molecule has 1 aromatic heterocycles. The van der Waals surface area contributed by atoms with Gasteiger partial charge in [0.25, 0.3) is 0 Å². The van der Waals surface area contributed by atoms with Crippen LogP contribution in [-0.4, -0.2) is 36.0 Å². The van der Waals surface area contributed by atoms with Crippen molar-refractivity contribution >= 4 is 16.0 Å². The van der Waals surface area contributed by atoms with Crippen LogP contribution in [0.1, 0.15) is 12.5 Å². The number of H-pyrrole nitrogens is 1. The SMILES string of the molecule is CCOc1n[nH]c(NS(=O)(=O)CCc2ccccc2)n1. The lowest BCUT2D eigenvalue weighted by atomic mass is 10.2. The molecule has 7 nitrogen and oxygen atoms in total. The molecule has 0 spiro atoms. The molecule has 108 valence electrons. The zero-order valence-corrected chi connectivity index (χ0v) is 11.9. The lowest BCUT2D eigenvalue weighted by molar-refractivity contribution is 0.314. The van der Waals surface area contributed by atoms with E-state index in [4.69, 9.17) is 4.74 Å². The number of aromatic nitrogens is 3. The molecular formula is C12H16N4O3S. The maximum absolute atomic E-state index is 11.9. The molecule has 0 aliphatic carbocycles. The molecule has 0 bridgehead atoms. The van der Waals surface area contributed by atoms with Crippen molar-refractivity contribution in [3.05, 3.63) is 35.9 Å². The van der Waals surface area contributed by atoms with Gasteiger partial charge in [0, 0.05) is 0 Å². The maximum atomic E-state index is 11.9. The molecule has 0 saturated heterocycles. The number of ether oxygens (including phenoxy) is 1. The van der Waals surface area contributed by atoms with Crippen LogP contribution >= 0.6 is 0 Å². The van der Waals surface area contributed by atoms with E-state index in [2.05, 4.69) is 19.9 Å². The van der Waals surface area contributed by atoms with Gasteiger partial charge in [0.1, 0.15) is 0 Å². The number of hydrogen-bond acceptors (Lipinski definition) is 5. The molecule has 2 aromatic rings. The zero-order valence-electron chi connectivity index (χ0n) is 11.0. The maximum Gasteiger partial charge on any atom is 0.337 e. The Bertz CT molecular complexity index is 640. The van der Waals surface area contributed by atoms with E-state index in [0.717, 1.165) is 5.56 Å².